The van der Waals surface area contributed by atoms with Crippen molar-refractivity contribution in [1.82, 2.24) is 10.2 Å². The Labute approximate surface area is 82.0 Å². The van der Waals surface area contributed by atoms with E-state index < -0.39 is 0 Å². The minimum atomic E-state index is 0.377. The van der Waals surface area contributed by atoms with E-state index in [1.807, 2.05) is 13.8 Å². The van der Waals surface area contributed by atoms with Crippen LogP contribution < -0.4 is 5.43 Å². The minimum absolute atomic E-state index is 0.377. The van der Waals surface area contributed by atoms with E-state index >= 15 is 0 Å². The summed E-state index contributed by atoms with van der Waals surface area (Å²) >= 11 is 5.56. The average molecular weight is 199 g/mol. The predicted molar refractivity (Wildman–Crippen MR) is 54.1 cm³/mol. The van der Waals surface area contributed by atoms with Crippen LogP contribution in [0.3, 0.4) is 0 Å². The third-order valence-electron chi connectivity index (χ3n) is 1.50. The lowest BCUT2D eigenvalue weighted by molar-refractivity contribution is 1.02. The van der Waals surface area contributed by atoms with Crippen LogP contribution in [0.2, 0.25) is 5.15 Å². The molecular formula is C8H11ClN4. The average Bonchev–Trinajstić information content (AvgIpc) is 2.16. The summed E-state index contributed by atoms with van der Waals surface area (Å²) < 4.78 is 0. The molecule has 0 aromatic carbocycles. The second-order valence-electron chi connectivity index (χ2n) is 2.55. The number of hydrogen-bond acceptors (Lipinski definition) is 4. The molecule has 0 aliphatic heterocycles. The summed E-state index contributed by atoms with van der Waals surface area (Å²) in [5.74, 6) is 0.595. The molecule has 0 bridgehead atoms. The first-order valence-corrected chi connectivity index (χ1v) is 4.38. The molecule has 0 spiro atoms. The number of hydrogen-bond donors (Lipinski definition) is 1. The second kappa shape index (κ2) is 4.77. The van der Waals surface area contributed by atoms with E-state index in [9.17, 15) is 0 Å². The molecule has 0 atom stereocenters. The van der Waals surface area contributed by atoms with Gasteiger partial charge in [0.05, 0.1) is 0 Å². The van der Waals surface area contributed by atoms with E-state index in [0.717, 1.165) is 12.1 Å². The molecule has 70 valence electrons. The molecule has 0 aliphatic rings. The number of nitrogens with one attached hydrogen (secondary N) is 1. The lowest BCUT2D eigenvalue weighted by Gasteiger charge is -1.98. The maximum atomic E-state index is 5.56. The van der Waals surface area contributed by atoms with Gasteiger partial charge < -0.3 is 0 Å². The number of rotatable bonds is 3. The fourth-order valence-corrected chi connectivity index (χ4v) is 0.708. The molecule has 1 N–H and O–H groups in total. The topological polar surface area (TPSA) is 50.2 Å². The van der Waals surface area contributed by atoms with Crippen LogP contribution in [0.4, 0.5) is 5.82 Å². The molecular weight excluding hydrogens is 188 g/mol. The van der Waals surface area contributed by atoms with Gasteiger partial charge in [-0.3, -0.25) is 5.43 Å². The van der Waals surface area contributed by atoms with Gasteiger partial charge in [-0.25, -0.2) is 0 Å². The van der Waals surface area contributed by atoms with Crippen LogP contribution in [0.25, 0.3) is 0 Å². The quantitative estimate of drug-likeness (QED) is 0.599. The Morgan fingerprint density at radius 3 is 2.85 bits per heavy atom. The number of halogens is 1. The summed E-state index contributed by atoms with van der Waals surface area (Å²) in [5.41, 5.74) is 3.79. The molecule has 1 aromatic rings. The van der Waals surface area contributed by atoms with Gasteiger partial charge in [0.15, 0.2) is 11.0 Å². The molecule has 0 radical (unpaired) electrons. The van der Waals surface area contributed by atoms with Crippen molar-refractivity contribution in [2.24, 2.45) is 5.10 Å². The van der Waals surface area contributed by atoms with Crippen molar-refractivity contribution in [1.29, 1.82) is 0 Å². The molecule has 4 nitrogen and oxygen atoms in total. The van der Waals surface area contributed by atoms with Crippen molar-refractivity contribution in [3.8, 4) is 0 Å². The zero-order valence-electron chi connectivity index (χ0n) is 7.58. The molecule has 1 rings (SSSR count). The predicted octanol–water partition coefficient (Wildman–Crippen LogP) is 2.33. The van der Waals surface area contributed by atoms with Crippen LogP contribution in [0.15, 0.2) is 17.2 Å². The summed E-state index contributed by atoms with van der Waals surface area (Å²) in [7, 11) is 0. The Bertz CT molecular complexity index is 294. The van der Waals surface area contributed by atoms with E-state index in [2.05, 4.69) is 20.7 Å². The lowest BCUT2D eigenvalue weighted by atomic mass is 10.3. The Balaban J connectivity index is 2.60. The van der Waals surface area contributed by atoms with Gasteiger partial charge in [-0.15, -0.1) is 10.2 Å². The van der Waals surface area contributed by atoms with Crippen molar-refractivity contribution in [3.05, 3.63) is 17.3 Å². The van der Waals surface area contributed by atoms with E-state index in [1.54, 1.807) is 12.1 Å². The van der Waals surface area contributed by atoms with Crippen LogP contribution in [0.1, 0.15) is 20.3 Å². The molecule has 1 heterocycles. The second-order valence-corrected chi connectivity index (χ2v) is 2.94. The number of hydrazone groups is 1. The zero-order valence-corrected chi connectivity index (χ0v) is 8.34. The zero-order chi connectivity index (χ0) is 9.68. The number of anilines is 1. The van der Waals surface area contributed by atoms with Crippen molar-refractivity contribution in [2.75, 3.05) is 5.43 Å². The van der Waals surface area contributed by atoms with Crippen molar-refractivity contribution in [3.63, 3.8) is 0 Å². The highest BCUT2D eigenvalue weighted by molar-refractivity contribution is 6.29. The van der Waals surface area contributed by atoms with Crippen LogP contribution in [-0.4, -0.2) is 15.9 Å². The van der Waals surface area contributed by atoms with Gasteiger partial charge >= 0.3 is 0 Å². The van der Waals surface area contributed by atoms with Crippen molar-refractivity contribution < 1.29 is 0 Å². The first kappa shape index (κ1) is 9.92. The fourth-order valence-electron chi connectivity index (χ4n) is 0.607. The van der Waals surface area contributed by atoms with E-state index in [1.165, 1.54) is 0 Å². The minimum Gasteiger partial charge on any atom is -0.260 e. The SMILES string of the molecule is CC/C(C)=N\Nc1ccc(Cl)nn1. The molecule has 0 aliphatic carbocycles. The Morgan fingerprint density at radius 2 is 2.31 bits per heavy atom. The molecule has 13 heavy (non-hydrogen) atoms. The van der Waals surface area contributed by atoms with Gasteiger partial charge in [0.1, 0.15) is 0 Å². The number of nitrogens with zero attached hydrogens (tertiary/aromatic N) is 3. The summed E-state index contributed by atoms with van der Waals surface area (Å²) in [6.45, 7) is 3.98. The van der Waals surface area contributed by atoms with E-state index in [-0.39, 0.29) is 0 Å². The molecule has 0 saturated heterocycles. The van der Waals surface area contributed by atoms with Crippen LogP contribution >= 0.6 is 11.6 Å². The van der Waals surface area contributed by atoms with Crippen LogP contribution in [0, 0.1) is 0 Å². The molecule has 0 amide bonds. The summed E-state index contributed by atoms with van der Waals surface area (Å²) in [6, 6.07) is 3.38. The Hall–Kier alpha value is -1.16. The highest BCUT2D eigenvalue weighted by Crippen LogP contribution is 2.05. The highest BCUT2D eigenvalue weighted by Gasteiger charge is 1.92. The van der Waals surface area contributed by atoms with Gasteiger partial charge in [-0.1, -0.05) is 18.5 Å². The van der Waals surface area contributed by atoms with Gasteiger partial charge in [0, 0.05) is 5.71 Å². The van der Waals surface area contributed by atoms with Gasteiger partial charge in [-0.2, -0.15) is 5.10 Å². The normalized spacial score (nSPS) is 11.5. The highest BCUT2D eigenvalue weighted by atomic mass is 35.5. The number of aromatic nitrogens is 2. The van der Waals surface area contributed by atoms with E-state index in [4.69, 9.17) is 11.6 Å². The molecule has 1 aromatic heterocycles. The van der Waals surface area contributed by atoms with Gasteiger partial charge in [-0.05, 0) is 25.5 Å². The summed E-state index contributed by atoms with van der Waals surface area (Å²) in [4.78, 5) is 0. The maximum absolute atomic E-state index is 5.56. The maximum Gasteiger partial charge on any atom is 0.168 e. The standard InChI is InChI=1S/C8H11ClN4/c1-3-6(2)10-12-8-5-4-7(9)11-13-8/h4-5H,3H2,1-2H3,(H,12,13)/b10-6-. The molecule has 0 saturated carbocycles. The summed E-state index contributed by atoms with van der Waals surface area (Å²) in [5, 5.41) is 11.9. The lowest BCUT2D eigenvalue weighted by Crippen LogP contribution is -1.98. The molecule has 5 heteroatoms. The monoisotopic (exact) mass is 198 g/mol. The van der Waals surface area contributed by atoms with Crippen LogP contribution in [0.5, 0.6) is 0 Å². The molecule has 0 fully saturated rings. The summed E-state index contributed by atoms with van der Waals surface area (Å²) in [6.07, 6.45) is 0.911. The Kier molecular flexibility index (Phi) is 3.64. The fraction of sp³-hybridized carbons (Fsp3) is 0.375. The van der Waals surface area contributed by atoms with Crippen molar-refractivity contribution >= 4 is 23.1 Å². The largest absolute Gasteiger partial charge is 0.260 e. The Morgan fingerprint density at radius 1 is 1.54 bits per heavy atom. The first-order valence-electron chi connectivity index (χ1n) is 4.00. The van der Waals surface area contributed by atoms with E-state index in [0.29, 0.717) is 11.0 Å². The van der Waals surface area contributed by atoms with Crippen molar-refractivity contribution in [2.45, 2.75) is 20.3 Å². The van der Waals surface area contributed by atoms with Gasteiger partial charge in [0.2, 0.25) is 0 Å². The smallest absolute Gasteiger partial charge is 0.168 e. The van der Waals surface area contributed by atoms with Gasteiger partial charge in [0.25, 0.3) is 0 Å². The third-order valence-corrected chi connectivity index (χ3v) is 1.71. The third kappa shape index (κ3) is 3.38. The van der Waals surface area contributed by atoms with Crippen LogP contribution in [-0.2, 0) is 0 Å². The molecule has 0 unspecified atom stereocenters. The first-order chi connectivity index (χ1) is 6.22.